The SMILES string of the molecule is C=Cc1c(C(O)c2cccc(-c3ccnn3C3CCCCO3)c2)c(F)cc2c1ccn2[Si](C(C)C)(C(C)C)C(C)C. The summed E-state index contributed by atoms with van der Waals surface area (Å²) in [5, 5.41) is 17.2. The number of nitrogens with zero attached hydrogens (tertiary/aromatic N) is 3. The molecule has 2 atom stereocenters. The summed E-state index contributed by atoms with van der Waals surface area (Å²) in [4.78, 5) is 0. The fourth-order valence-corrected chi connectivity index (χ4v) is 14.3. The van der Waals surface area contributed by atoms with Crippen LogP contribution in [0, 0.1) is 5.82 Å². The number of aliphatic hydroxyl groups is 1. The predicted molar refractivity (Wildman–Crippen MR) is 169 cm³/mol. The van der Waals surface area contributed by atoms with Gasteiger partial charge in [0.05, 0.1) is 5.69 Å². The first-order chi connectivity index (χ1) is 19.6. The van der Waals surface area contributed by atoms with Crippen molar-refractivity contribution < 1.29 is 14.2 Å². The van der Waals surface area contributed by atoms with Crippen molar-refractivity contribution in [3.8, 4) is 11.3 Å². The molecule has 0 bridgehead atoms. The summed E-state index contributed by atoms with van der Waals surface area (Å²) < 4.78 is 26.5. The highest BCUT2D eigenvalue weighted by Crippen LogP contribution is 2.45. The van der Waals surface area contributed by atoms with Crippen LogP contribution in [-0.4, -0.2) is 34.0 Å². The zero-order valence-corrected chi connectivity index (χ0v) is 26.3. The van der Waals surface area contributed by atoms with Crippen LogP contribution in [0.1, 0.15) is 89.8 Å². The van der Waals surface area contributed by atoms with Gasteiger partial charge in [0.15, 0.2) is 14.5 Å². The number of hydrogen-bond donors (Lipinski definition) is 1. The molecule has 2 unspecified atom stereocenters. The Labute approximate surface area is 244 Å². The highest BCUT2D eigenvalue weighted by Gasteiger charge is 2.46. The topological polar surface area (TPSA) is 52.2 Å². The molecule has 0 aliphatic carbocycles. The molecule has 0 saturated carbocycles. The fourth-order valence-electron chi connectivity index (χ4n) is 7.68. The number of hydrogen-bond acceptors (Lipinski definition) is 3. The predicted octanol–water partition coefficient (Wildman–Crippen LogP) is 9.09. The normalized spacial score (nSPS) is 17.2. The quantitative estimate of drug-likeness (QED) is 0.203. The van der Waals surface area contributed by atoms with E-state index in [1.54, 1.807) is 18.3 Å². The Morgan fingerprint density at radius 1 is 1.05 bits per heavy atom. The molecule has 5 rings (SSSR count). The lowest BCUT2D eigenvalue weighted by molar-refractivity contribution is -0.0383. The Morgan fingerprint density at radius 3 is 2.41 bits per heavy atom. The van der Waals surface area contributed by atoms with Crippen molar-refractivity contribution in [1.82, 2.24) is 14.0 Å². The number of ether oxygens (including phenoxy) is 1. The summed E-state index contributed by atoms with van der Waals surface area (Å²) in [6.07, 6.45) is 7.45. The highest BCUT2D eigenvalue weighted by molar-refractivity contribution is 6.82. The first-order valence-corrected chi connectivity index (χ1v) is 17.2. The standard InChI is InChI=1S/C34H44FN3O2Si/c1-8-27-28-16-18-37(41(22(2)3,23(4)5)24(6)7)31(28)21-29(35)33(27)34(39)26-13-11-12-25(20-26)30-15-17-36-38(30)32-14-9-10-19-40-32/h8,11-13,15-18,20-24,32,34,39H,1,9-10,14,19H2,2-7H3. The zero-order chi connectivity index (χ0) is 29.5. The van der Waals surface area contributed by atoms with Gasteiger partial charge < -0.3 is 14.1 Å². The van der Waals surface area contributed by atoms with Crippen LogP contribution in [0.4, 0.5) is 4.39 Å². The van der Waals surface area contributed by atoms with Crippen molar-refractivity contribution in [3.63, 3.8) is 0 Å². The maximum absolute atomic E-state index is 16.2. The zero-order valence-electron chi connectivity index (χ0n) is 25.3. The number of benzene rings is 2. The molecule has 4 aromatic rings. The van der Waals surface area contributed by atoms with Crippen LogP contribution in [0.5, 0.6) is 0 Å². The molecule has 1 N–H and O–H groups in total. The number of halogens is 1. The largest absolute Gasteiger partial charge is 0.384 e. The van der Waals surface area contributed by atoms with E-state index in [9.17, 15) is 5.11 Å². The van der Waals surface area contributed by atoms with Gasteiger partial charge in [-0.2, -0.15) is 5.10 Å². The highest BCUT2D eigenvalue weighted by atomic mass is 28.3. The molecule has 0 spiro atoms. The molecule has 2 aromatic carbocycles. The summed E-state index contributed by atoms with van der Waals surface area (Å²) in [7, 11) is -2.11. The van der Waals surface area contributed by atoms with Crippen LogP contribution >= 0.6 is 0 Å². The summed E-state index contributed by atoms with van der Waals surface area (Å²) in [6, 6.07) is 13.3. The molecule has 1 aliphatic heterocycles. The maximum Gasteiger partial charge on any atom is 0.169 e. The van der Waals surface area contributed by atoms with Gasteiger partial charge in [-0.1, -0.05) is 72.4 Å². The van der Waals surface area contributed by atoms with E-state index in [0.29, 0.717) is 27.8 Å². The molecule has 1 aliphatic rings. The second kappa shape index (κ2) is 11.7. The van der Waals surface area contributed by atoms with Gasteiger partial charge in [-0.15, -0.1) is 0 Å². The average molecular weight is 574 g/mol. The monoisotopic (exact) mass is 573 g/mol. The van der Waals surface area contributed by atoms with Crippen molar-refractivity contribution in [2.24, 2.45) is 0 Å². The van der Waals surface area contributed by atoms with Crippen molar-refractivity contribution in [3.05, 3.63) is 83.9 Å². The molecule has 41 heavy (non-hydrogen) atoms. The summed E-state index contributed by atoms with van der Waals surface area (Å²) >= 11 is 0. The molecule has 2 aromatic heterocycles. The minimum absolute atomic E-state index is 0.100. The number of rotatable bonds is 9. The van der Waals surface area contributed by atoms with E-state index < -0.39 is 20.2 Å². The Kier molecular flexibility index (Phi) is 8.42. The molecule has 1 fully saturated rings. The van der Waals surface area contributed by atoms with Gasteiger partial charge in [-0.05, 0) is 77.5 Å². The van der Waals surface area contributed by atoms with E-state index >= 15 is 4.39 Å². The fraction of sp³-hybridized carbons (Fsp3) is 0.441. The lowest BCUT2D eigenvalue weighted by Crippen LogP contribution is -2.51. The van der Waals surface area contributed by atoms with Crippen molar-refractivity contribution in [2.75, 3.05) is 6.61 Å². The molecule has 0 amide bonds. The molecule has 5 nitrogen and oxygen atoms in total. The van der Waals surface area contributed by atoms with Gasteiger partial charge in [0.25, 0.3) is 0 Å². The van der Waals surface area contributed by atoms with Crippen LogP contribution in [0.25, 0.3) is 28.2 Å². The van der Waals surface area contributed by atoms with E-state index in [1.807, 2.05) is 35.0 Å². The molecule has 7 heteroatoms. The van der Waals surface area contributed by atoms with Gasteiger partial charge in [0.1, 0.15) is 11.9 Å². The van der Waals surface area contributed by atoms with Crippen LogP contribution in [0.15, 0.2) is 61.4 Å². The number of fused-ring (bicyclic) bond motifs is 1. The lowest BCUT2D eigenvalue weighted by Gasteiger charge is -2.44. The lowest BCUT2D eigenvalue weighted by atomic mass is 9.92. The molecular formula is C34H44FN3O2Si. The third-order valence-electron chi connectivity index (χ3n) is 9.29. The van der Waals surface area contributed by atoms with E-state index in [2.05, 4.69) is 69.7 Å². The van der Waals surface area contributed by atoms with Gasteiger partial charge in [-0.25, -0.2) is 9.07 Å². The van der Waals surface area contributed by atoms with Gasteiger partial charge in [0, 0.05) is 34.8 Å². The molecule has 1 saturated heterocycles. The van der Waals surface area contributed by atoms with Crippen molar-refractivity contribution >= 4 is 25.2 Å². The first kappa shape index (κ1) is 29.5. The Hall–Kier alpha value is -3.00. The summed E-state index contributed by atoms with van der Waals surface area (Å²) in [6.45, 7) is 18.6. The maximum atomic E-state index is 16.2. The van der Waals surface area contributed by atoms with E-state index in [1.165, 1.54) is 0 Å². The summed E-state index contributed by atoms with van der Waals surface area (Å²) in [5.41, 5.74) is 5.64. The van der Waals surface area contributed by atoms with Gasteiger partial charge in [0.2, 0.25) is 0 Å². The van der Waals surface area contributed by atoms with E-state index in [4.69, 9.17) is 4.74 Å². The van der Waals surface area contributed by atoms with Crippen LogP contribution in [0.3, 0.4) is 0 Å². The van der Waals surface area contributed by atoms with Crippen molar-refractivity contribution in [2.45, 2.75) is 89.8 Å². The summed E-state index contributed by atoms with van der Waals surface area (Å²) in [5.74, 6) is -0.412. The van der Waals surface area contributed by atoms with Crippen LogP contribution in [-0.2, 0) is 4.74 Å². The smallest absolute Gasteiger partial charge is 0.169 e. The Balaban J connectivity index is 1.59. The minimum Gasteiger partial charge on any atom is -0.384 e. The first-order valence-electron chi connectivity index (χ1n) is 15.0. The number of aliphatic hydroxyl groups excluding tert-OH is 1. The third kappa shape index (κ3) is 4.92. The Bertz CT molecular complexity index is 1510. The average Bonchev–Trinajstić information content (AvgIpc) is 3.60. The second-order valence-electron chi connectivity index (χ2n) is 12.4. The van der Waals surface area contributed by atoms with Crippen molar-refractivity contribution in [1.29, 1.82) is 0 Å². The molecule has 3 heterocycles. The van der Waals surface area contributed by atoms with Crippen LogP contribution in [0.2, 0.25) is 16.6 Å². The van der Waals surface area contributed by atoms with Crippen LogP contribution < -0.4 is 0 Å². The Morgan fingerprint density at radius 2 is 1.78 bits per heavy atom. The molecule has 0 radical (unpaired) electrons. The van der Waals surface area contributed by atoms with Gasteiger partial charge in [-0.3, -0.25) is 0 Å². The second-order valence-corrected chi connectivity index (χ2v) is 18.1. The van der Waals surface area contributed by atoms with Gasteiger partial charge >= 0.3 is 0 Å². The van der Waals surface area contributed by atoms with E-state index in [0.717, 1.165) is 48.0 Å². The molecule has 218 valence electrons. The minimum atomic E-state index is -2.11. The third-order valence-corrected chi connectivity index (χ3v) is 16.1. The molecular weight excluding hydrogens is 529 g/mol. The number of aromatic nitrogens is 3. The van der Waals surface area contributed by atoms with E-state index in [-0.39, 0.29) is 11.8 Å².